The summed E-state index contributed by atoms with van der Waals surface area (Å²) in [7, 11) is 2.13. The first kappa shape index (κ1) is 18.2. The minimum atomic E-state index is -1.79. The fourth-order valence-electron chi connectivity index (χ4n) is 4.78. The van der Waals surface area contributed by atoms with Crippen molar-refractivity contribution in [1.29, 1.82) is 0 Å². The average Bonchev–Trinajstić information content (AvgIpc) is 2.69. The van der Waals surface area contributed by atoms with Crippen molar-refractivity contribution in [2.24, 2.45) is 11.8 Å². The van der Waals surface area contributed by atoms with E-state index in [9.17, 15) is 9.90 Å². The number of rotatable bonds is 4. The number of hydrogen-bond donors (Lipinski definition) is 1. The monoisotopic (exact) mass is 365 g/mol. The lowest BCUT2D eigenvalue weighted by Gasteiger charge is -2.46. The summed E-state index contributed by atoms with van der Waals surface area (Å²) in [4.78, 5) is 15.7. The van der Waals surface area contributed by atoms with Crippen LogP contribution in [0.25, 0.3) is 0 Å². The first-order valence-electron chi connectivity index (χ1n) is 9.82. The third-order valence-electron chi connectivity index (χ3n) is 6.09. The zero-order chi connectivity index (χ0) is 18.9. The highest BCUT2D eigenvalue weighted by molar-refractivity contribution is 5.85. The van der Waals surface area contributed by atoms with E-state index < -0.39 is 11.6 Å². The number of esters is 1. The number of nitrogens with zero attached hydrogens (tertiary/aromatic N) is 1. The standard InChI is InChI=1S/C23H27NO3/c1-24-15-17-9-8-10-18(16-24)21(17)27-22(25)23(26,19-11-4-2-5-12-19)20-13-6-3-7-14-20/h2-7,11-14,17-18,21,26H,8-10,15-16H2,1H3/t17-,18+,21?. The Morgan fingerprint density at radius 2 is 1.44 bits per heavy atom. The Bertz CT molecular complexity index is 723. The maximum Gasteiger partial charge on any atom is 0.347 e. The summed E-state index contributed by atoms with van der Waals surface area (Å²) in [5.74, 6) is 0.135. The van der Waals surface area contributed by atoms with Gasteiger partial charge in [-0.25, -0.2) is 4.79 Å². The first-order chi connectivity index (χ1) is 13.1. The summed E-state index contributed by atoms with van der Waals surface area (Å²) in [5.41, 5.74) is -0.709. The minimum Gasteiger partial charge on any atom is -0.459 e. The number of carbonyl (C=O) groups excluding carboxylic acids is 1. The normalized spacial score (nSPS) is 25.8. The van der Waals surface area contributed by atoms with Gasteiger partial charge in [-0.15, -0.1) is 0 Å². The fraction of sp³-hybridized carbons (Fsp3) is 0.435. The van der Waals surface area contributed by atoms with Crippen LogP contribution in [-0.2, 0) is 15.1 Å². The van der Waals surface area contributed by atoms with Gasteiger partial charge in [0.2, 0.25) is 5.60 Å². The second kappa shape index (κ2) is 7.45. The lowest BCUT2D eigenvalue weighted by molar-refractivity contribution is -0.180. The molecule has 4 heteroatoms. The molecule has 1 saturated carbocycles. The summed E-state index contributed by atoms with van der Waals surface area (Å²) in [6, 6.07) is 18.2. The molecule has 1 saturated heterocycles. The van der Waals surface area contributed by atoms with Gasteiger partial charge in [-0.2, -0.15) is 0 Å². The second-order valence-corrected chi connectivity index (χ2v) is 7.98. The van der Waals surface area contributed by atoms with Crippen LogP contribution in [0.2, 0.25) is 0 Å². The van der Waals surface area contributed by atoms with Crippen LogP contribution in [0.5, 0.6) is 0 Å². The van der Waals surface area contributed by atoms with E-state index >= 15 is 0 Å². The third-order valence-corrected chi connectivity index (χ3v) is 6.09. The molecule has 2 aliphatic rings. The van der Waals surface area contributed by atoms with Gasteiger partial charge in [0, 0.05) is 24.9 Å². The van der Waals surface area contributed by atoms with Crippen molar-refractivity contribution >= 4 is 5.97 Å². The van der Waals surface area contributed by atoms with E-state index in [0.29, 0.717) is 23.0 Å². The molecule has 1 heterocycles. The van der Waals surface area contributed by atoms with Crippen molar-refractivity contribution in [2.75, 3.05) is 20.1 Å². The van der Waals surface area contributed by atoms with E-state index in [4.69, 9.17) is 4.74 Å². The molecule has 4 nitrogen and oxygen atoms in total. The number of fused-ring (bicyclic) bond motifs is 2. The van der Waals surface area contributed by atoms with Crippen molar-refractivity contribution in [3.63, 3.8) is 0 Å². The molecule has 142 valence electrons. The summed E-state index contributed by atoms with van der Waals surface area (Å²) in [6.07, 6.45) is 3.24. The highest BCUT2D eigenvalue weighted by atomic mass is 16.6. The van der Waals surface area contributed by atoms with E-state index in [2.05, 4.69) is 11.9 Å². The smallest absolute Gasteiger partial charge is 0.347 e. The van der Waals surface area contributed by atoms with Gasteiger partial charge in [-0.3, -0.25) is 0 Å². The largest absolute Gasteiger partial charge is 0.459 e. The van der Waals surface area contributed by atoms with Crippen LogP contribution in [0.4, 0.5) is 0 Å². The van der Waals surface area contributed by atoms with E-state index in [0.717, 1.165) is 25.9 Å². The lowest BCUT2D eigenvalue weighted by atomic mass is 9.75. The average molecular weight is 365 g/mol. The van der Waals surface area contributed by atoms with Gasteiger partial charge in [-0.1, -0.05) is 67.1 Å². The number of likely N-dealkylation sites (tertiary alicyclic amines) is 1. The SMILES string of the molecule is CN1C[C@H]2CCC[C@@H](C1)C2OC(=O)C(O)(c1ccccc1)c1ccccc1. The molecule has 27 heavy (non-hydrogen) atoms. The highest BCUT2D eigenvalue weighted by Gasteiger charge is 2.47. The molecule has 0 spiro atoms. The predicted octanol–water partition coefficient (Wildman–Crippen LogP) is 3.20. The summed E-state index contributed by atoms with van der Waals surface area (Å²) >= 11 is 0. The van der Waals surface area contributed by atoms with Crippen LogP contribution in [0.3, 0.4) is 0 Å². The molecule has 0 amide bonds. The van der Waals surface area contributed by atoms with Gasteiger partial charge in [-0.05, 0) is 31.0 Å². The molecule has 2 bridgehead atoms. The molecule has 1 aliphatic carbocycles. The number of piperidine rings is 1. The fourth-order valence-corrected chi connectivity index (χ4v) is 4.78. The zero-order valence-corrected chi connectivity index (χ0v) is 15.8. The van der Waals surface area contributed by atoms with E-state index in [1.54, 1.807) is 24.3 Å². The molecular weight excluding hydrogens is 338 g/mol. The number of aliphatic hydroxyl groups is 1. The molecule has 2 fully saturated rings. The van der Waals surface area contributed by atoms with E-state index in [1.807, 2.05) is 36.4 Å². The van der Waals surface area contributed by atoms with Gasteiger partial charge < -0.3 is 14.7 Å². The van der Waals surface area contributed by atoms with Gasteiger partial charge >= 0.3 is 5.97 Å². The van der Waals surface area contributed by atoms with Crippen molar-refractivity contribution in [2.45, 2.75) is 31.0 Å². The quantitative estimate of drug-likeness (QED) is 0.846. The summed E-state index contributed by atoms with van der Waals surface area (Å²) in [6.45, 7) is 1.90. The van der Waals surface area contributed by atoms with Crippen LogP contribution in [0.1, 0.15) is 30.4 Å². The van der Waals surface area contributed by atoms with Crippen molar-refractivity contribution in [1.82, 2.24) is 4.90 Å². The predicted molar refractivity (Wildman–Crippen MR) is 104 cm³/mol. The molecule has 1 unspecified atom stereocenters. The van der Waals surface area contributed by atoms with Crippen molar-refractivity contribution in [3.05, 3.63) is 71.8 Å². The van der Waals surface area contributed by atoms with Gasteiger partial charge in [0.25, 0.3) is 0 Å². The van der Waals surface area contributed by atoms with Crippen LogP contribution < -0.4 is 0 Å². The maximum atomic E-state index is 13.4. The molecule has 1 aliphatic heterocycles. The molecular formula is C23H27NO3. The molecule has 1 N–H and O–H groups in total. The molecule has 3 atom stereocenters. The summed E-state index contributed by atoms with van der Waals surface area (Å²) < 4.78 is 6.07. The van der Waals surface area contributed by atoms with Gasteiger partial charge in [0.15, 0.2) is 0 Å². The van der Waals surface area contributed by atoms with Crippen LogP contribution in [0, 0.1) is 11.8 Å². The van der Waals surface area contributed by atoms with E-state index in [1.165, 1.54) is 6.42 Å². The number of hydrogen-bond acceptors (Lipinski definition) is 4. The summed E-state index contributed by atoms with van der Waals surface area (Å²) in [5, 5.41) is 11.6. The highest BCUT2D eigenvalue weighted by Crippen LogP contribution is 2.39. The Hall–Kier alpha value is -2.17. The third kappa shape index (κ3) is 3.40. The number of benzene rings is 2. The molecule has 2 aromatic carbocycles. The Kier molecular flexibility index (Phi) is 5.02. The number of carbonyl (C=O) groups is 1. The van der Waals surface area contributed by atoms with Gasteiger partial charge in [0.05, 0.1) is 0 Å². The second-order valence-electron chi connectivity index (χ2n) is 7.98. The maximum absolute atomic E-state index is 13.4. The Balaban J connectivity index is 1.66. The first-order valence-corrected chi connectivity index (χ1v) is 9.82. The minimum absolute atomic E-state index is 0.110. The Labute approximate surface area is 160 Å². The lowest BCUT2D eigenvalue weighted by Crippen LogP contribution is -2.53. The van der Waals surface area contributed by atoms with Crippen LogP contribution in [-0.4, -0.2) is 42.2 Å². The topological polar surface area (TPSA) is 49.8 Å². The Morgan fingerprint density at radius 1 is 0.963 bits per heavy atom. The molecule has 4 rings (SSSR count). The van der Waals surface area contributed by atoms with Crippen molar-refractivity contribution in [3.8, 4) is 0 Å². The van der Waals surface area contributed by atoms with Crippen LogP contribution in [0.15, 0.2) is 60.7 Å². The Morgan fingerprint density at radius 3 is 1.93 bits per heavy atom. The molecule has 0 radical (unpaired) electrons. The van der Waals surface area contributed by atoms with Gasteiger partial charge in [0.1, 0.15) is 6.10 Å². The number of ether oxygens (including phenoxy) is 1. The molecule has 0 aromatic heterocycles. The van der Waals surface area contributed by atoms with E-state index in [-0.39, 0.29) is 6.10 Å². The molecule has 2 aromatic rings. The van der Waals surface area contributed by atoms with Crippen molar-refractivity contribution < 1.29 is 14.6 Å². The zero-order valence-electron chi connectivity index (χ0n) is 15.8. The van der Waals surface area contributed by atoms with Crippen LogP contribution >= 0.6 is 0 Å².